The minimum atomic E-state index is -4.18. The Morgan fingerprint density at radius 2 is 1.46 bits per heavy atom. The molecular formula is C28H30Cl3N3O4S. The topological polar surface area (TPSA) is 86.8 Å². The molecule has 3 rings (SSSR count). The number of anilines is 1. The smallest absolute Gasteiger partial charge is 0.264 e. The van der Waals surface area contributed by atoms with Crippen LogP contribution in [0, 0.1) is 6.92 Å². The number of halogens is 3. The van der Waals surface area contributed by atoms with Crippen LogP contribution in [0.2, 0.25) is 15.1 Å². The lowest BCUT2D eigenvalue weighted by molar-refractivity contribution is -0.139. The number of aryl methyl sites for hydroxylation is 1. The molecule has 0 radical (unpaired) electrons. The Kier molecular flexibility index (Phi) is 10.3. The molecule has 0 aliphatic carbocycles. The third kappa shape index (κ3) is 7.88. The molecule has 0 heterocycles. The van der Waals surface area contributed by atoms with Gasteiger partial charge in [0.15, 0.2) is 0 Å². The Balaban J connectivity index is 2.04. The Hall–Kier alpha value is -2.78. The van der Waals surface area contributed by atoms with E-state index in [1.807, 2.05) is 20.8 Å². The van der Waals surface area contributed by atoms with Crippen molar-refractivity contribution in [3.63, 3.8) is 0 Å². The molecule has 0 spiro atoms. The predicted octanol–water partition coefficient (Wildman–Crippen LogP) is 6.09. The van der Waals surface area contributed by atoms with Crippen LogP contribution in [0.1, 0.15) is 31.9 Å². The van der Waals surface area contributed by atoms with Gasteiger partial charge in [-0.2, -0.15) is 0 Å². The summed E-state index contributed by atoms with van der Waals surface area (Å²) in [6.07, 6.45) is 0. The van der Waals surface area contributed by atoms with E-state index < -0.39 is 28.5 Å². The van der Waals surface area contributed by atoms with Crippen molar-refractivity contribution in [2.75, 3.05) is 10.8 Å². The molecule has 7 nitrogen and oxygen atoms in total. The summed E-state index contributed by atoms with van der Waals surface area (Å²) in [7, 11) is -4.18. The van der Waals surface area contributed by atoms with E-state index in [0.717, 1.165) is 9.87 Å². The zero-order valence-corrected chi connectivity index (χ0v) is 25.1. The van der Waals surface area contributed by atoms with Gasteiger partial charge in [-0.05, 0) is 81.8 Å². The summed E-state index contributed by atoms with van der Waals surface area (Å²) in [6.45, 7) is 6.49. The van der Waals surface area contributed by atoms with Crippen LogP contribution >= 0.6 is 34.8 Å². The second kappa shape index (κ2) is 13.0. The van der Waals surface area contributed by atoms with Crippen LogP contribution in [0.15, 0.2) is 71.6 Å². The number of hydrogen-bond acceptors (Lipinski definition) is 4. The van der Waals surface area contributed by atoms with Gasteiger partial charge < -0.3 is 10.2 Å². The van der Waals surface area contributed by atoms with Crippen molar-refractivity contribution in [3.05, 3.63) is 92.9 Å². The minimum absolute atomic E-state index is 0.0295. The fraction of sp³-hybridized carbons (Fsp3) is 0.286. The predicted molar refractivity (Wildman–Crippen MR) is 157 cm³/mol. The SMILES string of the molecule is Cc1ccc(N(CC(=O)N(Cc2ccc(Cl)cc2Cl)[C@@H](C)C(=O)NC(C)C)S(=O)(=O)c2ccc(Cl)cc2)cc1. The molecule has 3 aromatic carbocycles. The minimum Gasteiger partial charge on any atom is -0.352 e. The lowest BCUT2D eigenvalue weighted by atomic mass is 10.1. The highest BCUT2D eigenvalue weighted by Gasteiger charge is 2.33. The van der Waals surface area contributed by atoms with E-state index in [4.69, 9.17) is 34.8 Å². The first-order chi connectivity index (χ1) is 18.3. The van der Waals surface area contributed by atoms with Gasteiger partial charge in [0, 0.05) is 27.7 Å². The Bertz CT molecular complexity index is 1430. The Labute approximate surface area is 244 Å². The van der Waals surface area contributed by atoms with Gasteiger partial charge in [0.05, 0.1) is 10.6 Å². The van der Waals surface area contributed by atoms with Crippen molar-refractivity contribution < 1.29 is 18.0 Å². The molecule has 0 saturated carbocycles. The number of carbonyl (C=O) groups excluding carboxylic acids is 2. The quantitative estimate of drug-likeness (QED) is 0.301. The van der Waals surface area contributed by atoms with Crippen molar-refractivity contribution >= 4 is 62.3 Å². The summed E-state index contributed by atoms with van der Waals surface area (Å²) in [6, 6.07) is 16.2. The van der Waals surface area contributed by atoms with E-state index in [0.29, 0.717) is 26.3 Å². The van der Waals surface area contributed by atoms with Gasteiger partial charge in [0.25, 0.3) is 10.0 Å². The number of hydrogen-bond donors (Lipinski definition) is 1. The zero-order chi connectivity index (χ0) is 28.9. The maximum Gasteiger partial charge on any atom is 0.264 e. The summed E-state index contributed by atoms with van der Waals surface area (Å²) >= 11 is 18.4. The molecule has 0 aromatic heterocycles. The van der Waals surface area contributed by atoms with Crippen LogP contribution in [0.5, 0.6) is 0 Å². The lowest BCUT2D eigenvalue weighted by Crippen LogP contribution is -2.52. The third-order valence-electron chi connectivity index (χ3n) is 5.96. The van der Waals surface area contributed by atoms with E-state index in [1.165, 1.54) is 29.2 Å². The standard InChI is InChI=1S/C28H30Cl3N3O4S/c1-18(2)32-28(36)20(4)33(16-21-7-8-23(30)15-26(21)31)27(35)17-34(24-11-5-19(3)6-12-24)39(37,38)25-13-9-22(29)10-14-25/h5-15,18,20H,16-17H2,1-4H3,(H,32,36)/t20-/m0/s1. The third-order valence-corrected chi connectivity index (χ3v) is 8.58. The molecule has 1 atom stereocenters. The number of nitrogens with zero attached hydrogens (tertiary/aromatic N) is 2. The van der Waals surface area contributed by atoms with Crippen LogP contribution in [0.4, 0.5) is 5.69 Å². The van der Waals surface area contributed by atoms with Gasteiger partial charge in [-0.1, -0.05) is 58.6 Å². The van der Waals surface area contributed by atoms with Gasteiger partial charge in [0.1, 0.15) is 12.6 Å². The number of nitrogens with one attached hydrogen (secondary N) is 1. The molecular weight excluding hydrogens is 581 g/mol. The first-order valence-electron chi connectivity index (χ1n) is 12.2. The molecule has 2 amide bonds. The second-order valence-electron chi connectivity index (χ2n) is 9.40. The zero-order valence-electron chi connectivity index (χ0n) is 22.0. The van der Waals surface area contributed by atoms with E-state index in [1.54, 1.807) is 49.4 Å². The van der Waals surface area contributed by atoms with Crippen molar-refractivity contribution in [2.24, 2.45) is 0 Å². The molecule has 0 fully saturated rings. The van der Waals surface area contributed by atoms with Crippen LogP contribution in [-0.4, -0.2) is 43.8 Å². The summed E-state index contributed by atoms with van der Waals surface area (Å²) in [4.78, 5) is 28.1. The average molecular weight is 611 g/mol. The highest BCUT2D eigenvalue weighted by atomic mass is 35.5. The number of amides is 2. The van der Waals surface area contributed by atoms with Crippen molar-refractivity contribution in [1.29, 1.82) is 0 Å². The summed E-state index contributed by atoms with van der Waals surface area (Å²) in [5, 5.41) is 3.93. The molecule has 11 heteroatoms. The lowest BCUT2D eigenvalue weighted by Gasteiger charge is -2.32. The normalized spacial score (nSPS) is 12.2. The summed E-state index contributed by atoms with van der Waals surface area (Å²) in [5.41, 5.74) is 1.78. The number of carbonyl (C=O) groups is 2. The Morgan fingerprint density at radius 3 is 2.03 bits per heavy atom. The maximum absolute atomic E-state index is 13.9. The average Bonchev–Trinajstić information content (AvgIpc) is 2.86. The van der Waals surface area contributed by atoms with Crippen molar-refractivity contribution in [2.45, 2.75) is 51.2 Å². The summed E-state index contributed by atoms with van der Waals surface area (Å²) in [5.74, 6) is -0.976. The van der Waals surface area contributed by atoms with Gasteiger partial charge >= 0.3 is 0 Å². The van der Waals surface area contributed by atoms with Gasteiger partial charge in [0.2, 0.25) is 11.8 Å². The molecule has 1 N–H and O–H groups in total. The highest BCUT2D eigenvalue weighted by molar-refractivity contribution is 7.92. The van der Waals surface area contributed by atoms with Crippen LogP contribution in [0.25, 0.3) is 0 Å². The van der Waals surface area contributed by atoms with Gasteiger partial charge in [-0.15, -0.1) is 0 Å². The molecule has 208 valence electrons. The van der Waals surface area contributed by atoms with Crippen molar-refractivity contribution in [1.82, 2.24) is 10.2 Å². The second-order valence-corrected chi connectivity index (χ2v) is 12.5. The van der Waals surface area contributed by atoms with E-state index in [-0.39, 0.29) is 23.4 Å². The largest absolute Gasteiger partial charge is 0.352 e. The number of rotatable bonds is 10. The van der Waals surface area contributed by atoms with Gasteiger partial charge in [-0.25, -0.2) is 8.42 Å². The van der Waals surface area contributed by atoms with E-state index in [2.05, 4.69) is 5.32 Å². The molecule has 0 unspecified atom stereocenters. The summed E-state index contributed by atoms with van der Waals surface area (Å²) < 4.78 is 28.6. The monoisotopic (exact) mass is 609 g/mol. The fourth-order valence-electron chi connectivity index (χ4n) is 3.79. The van der Waals surface area contributed by atoms with Crippen LogP contribution in [0.3, 0.4) is 0 Å². The molecule has 3 aromatic rings. The molecule has 0 aliphatic rings. The van der Waals surface area contributed by atoms with E-state index in [9.17, 15) is 18.0 Å². The number of benzene rings is 3. The maximum atomic E-state index is 13.9. The van der Waals surface area contributed by atoms with Crippen LogP contribution in [-0.2, 0) is 26.2 Å². The molecule has 0 aliphatic heterocycles. The Morgan fingerprint density at radius 1 is 0.872 bits per heavy atom. The molecule has 0 saturated heterocycles. The fourth-order valence-corrected chi connectivity index (χ4v) is 5.80. The van der Waals surface area contributed by atoms with Crippen molar-refractivity contribution in [3.8, 4) is 0 Å². The molecule has 0 bridgehead atoms. The number of sulfonamides is 1. The first-order valence-corrected chi connectivity index (χ1v) is 14.8. The first kappa shape index (κ1) is 30.8. The van der Waals surface area contributed by atoms with Crippen LogP contribution < -0.4 is 9.62 Å². The van der Waals surface area contributed by atoms with Gasteiger partial charge in [-0.3, -0.25) is 13.9 Å². The van der Waals surface area contributed by atoms with E-state index >= 15 is 0 Å². The molecule has 39 heavy (non-hydrogen) atoms. The highest BCUT2D eigenvalue weighted by Crippen LogP contribution is 2.27.